The molecule has 4 heteroatoms. The maximum Gasteiger partial charge on any atom is 0.255 e. The maximum absolute atomic E-state index is 12.9. The number of hydrogen-bond donors (Lipinski definition) is 2. The third kappa shape index (κ3) is 4.20. The molecular formula is C21H26N2O2. The largest absolute Gasteiger partial charge is 0.491 e. The Balaban J connectivity index is 1.76. The Morgan fingerprint density at radius 2 is 1.96 bits per heavy atom. The van der Waals surface area contributed by atoms with Crippen LogP contribution in [0.15, 0.2) is 42.5 Å². The topological polar surface area (TPSA) is 64.3 Å². The molecule has 3 N–H and O–H groups in total. The molecule has 0 bridgehead atoms. The van der Waals surface area contributed by atoms with Crippen molar-refractivity contribution in [3.05, 3.63) is 64.7 Å². The highest BCUT2D eigenvalue weighted by atomic mass is 16.5. The standard InChI is InChI=1S/C21H26N2O2/c1-15-7-8-19(25-12-11-22)18(13-15)20(24)23-21(9-10-21)14-17-6-4-3-5-16(17)2/h3-8,13H,9-12,14,22H2,1-2H3,(H,23,24). The SMILES string of the molecule is Cc1ccc(OCCN)c(C(=O)NC2(Cc3ccccc3C)CC2)c1. The fourth-order valence-electron chi connectivity index (χ4n) is 3.09. The van der Waals surface area contributed by atoms with E-state index in [4.69, 9.17) is 10.5 Å². The summed E-state index contributed by atoms with van der Waals surface area (Å²) in [5.74, 6) is 0.530. The van der Waals surface area contributed by atoms with Crippen molar-refractivity contribution in [2.24, 2.45) is 5.73 Å². The smallest absolute Gasteiger partial charge is 0.255 e. The molecule has 0 aromatic heterocycles. The Bertz CT molecular complexity index is 766. The van der Waals surface area contributed by atoms with Gasteiger partial charge in [0, 0.05) is 12.1 Å². The zero-order valence-corrected chi connectivity index (χ0v) is 15.0. The molecule has 1 aliphatic carbocycles. The number of nitrogens with two attached hydrogens (primary N) is 1. The minimum Gasteiger partial charge on any atom is -0.491 e. The van der Waals surface area contributed by atoms with Crippen LogP contribution in [-0.4, -0.2) is 24.6 Å². The van der Waals surface area contributed by atoms with Gasteiger partial charge < -0.3 is 15.8 Å². The molecule has 2 aromatic rings. The lowest BCUT2D eigenvalue weighted by Crippen LogP contribution is -2.39. The first-order chi connectivity index (χ1) is 12.0. The number of rotatable bonds is 7. The van der Waals surface area contributed by atoms with Gasteiger partial charge in [-0.1, -0.05) is 35.9 Å². The average Bonchev–Trinajstić information content (AvgIpc) is 3.35. The molecule has 1 saturated carbocycles. The van der Waals surface area contributed by atoms with E-state index < -0.39 is 0 Å². The molecule has 1 fully saturated rings. The molecule has 0 aliphatic heterocycles. The number of benzene rings is 2. The van der Waals surface area contributed by atoms with Gasteiger partial charge in [0.25, 0.3) is 5.91 Å². The van der Waals surface area contributed by atoms with Gasteiger partial charge in [-0.3, -0.25) is 4.79 Å². The highest BCUT2D eigenvalue weighted by Crippen LogP contribution is 2.39. The van der Waals surface area contributed by atoms with Crippen molar-refractivity contribution in [2.45, 2.75) is 38.6 Å². The Labute approximate surface area is 149 Å². The Morgan fingerprint density at radius 1 is 1.20 bits per heavy atom. The number of nitrogens with one attached hydrogen (secondary N) is 1. The molecule has 2 aromatic carbocycles. The van der Waals surface area contributed by atoms with E-state index in [1.54, 1.807) is 0 Å². The van der Waals surface area contributed by atoms with Crippen LogP contribution in [0, 0.1) is 13.8 Å². The van der Waals surface area contributed by atoms with Crippen LogP contribution in [0.1, 0.15) is 39.9 Å². The molecule has 0 radical (unpaired) electrons. The van der Waals surface area contributed by atoms with E-state index in [0.717, 1.165) is 24.8 Å². The second kappa shape index (κ2) is 7.28. The van der Waals surface area contributed by atoms with E-state index in [1.807, 2.05) is 31.2 Å². The summed E-state index contributed by atoms with van der Waals surface area (Å²) in [5.41, 5.74) is 9.58. The molecule has 4 nitrogen and oxygen atoms in total. The van der Waals surface area contributed by atoms with Crippen molar-refractivity contribution in [3.8, 4) is 5.75 Å². The number of amides is 1. The second-order valence-corrected chi connectivity index (χ2v) is 6.97. The molecule has 0 atom stereocenters. The van der Waals surface area contributed by atoms with Gasteiger partial charge >= 0.3 is 0 Å². The van der Waals surface area contributed by atoms with Crippen LogP contribution in [0.25, 0.3) is 0 Å². The number of aryl methyl sites for hydroxylation is 2. The molecule has 0 unspecified atom stereocenters. The van der Waals surface area contributed by atoms with E-state index in [2.05, 4.69) is 30.4 Å². The van der Waals surface area contributed by atoms with Crippen LogP contribution in [0.4, 0.5) is 0 Å². The van der Waals surface area contributed by atoms with Crippen LogP contribution in [0.5, 0.6) is 5.75 Å². The molecule has 3 rings (SSSR count). The van der Waals surface area contributed by atoms with Crippen molar-refractivity contribution in [2.75, 3.05) is 13.2 Å². The molecule has 132 valence electrons. The van der Waals surface area contributed by atoms with Crippen molar-refractivity contribution < 1.29 is 9.53 Å². The van der Waals surface area contributed by atoms with E-state index in [1.165, 1.54) is 11.1 Å². The Kier molecular flexibility index (Phi) is 5.09. The normalized spacial score (nSPS) is 14.8. The molecular weight excluding hydrogens is 312 g/mol. The summed E-state index contributed by atoms with van der Waals surface area (Å²) < 4.78 is 5.65. The fourth-order valence-corrected chi connectivity index (χ4v) is 3.09. The lowest BCUT2D eigenvalue weighted by Gasteiger charge is -2.20. The summed E-state index contributed by atoms with van der Waals surface area (Å²) >= 11 is 0. The Hall–Kier alpha value is -2.33. The van der Waals surface area contributed by atoms with Gasteiger partial charge in [-0.15, -0.1) is 0 Å². The van der Waals surface area contributed by atoms with Gasteiger partial charge in [0.05, 0.1) is 5.56 Å². The molecule has 0 spiro atoms. The predicted octanol–water partition coefficient (Wildman–Crippen LogP) is 3.15. The highest BCUT2D eigenvalue weighted by Gasteiger charge is 2.44. The van der Waals surface area contributed by atoms with Crippen LogP contribution >= 0.6 is 0 Å². The fraction of sp³-hybridized carbons (Fsp3) is 0.381. The van der Waals surface area contributed by atoms with Gasteiger partial charge in [-0.05, 0) is 56.4 Å². The molecule has 0 heterocycles. The predicted molar refractivity (Wildman–Crippen MR) is 100 cm³/mol. The summed E-state index contributed by atoms with van der Waals surface area (Å²) in [6, 6.07) is 14.0. The molecule has 1 aliphatic rings. The number of ether oxygens (including phenoxy) is 1. The zero-order chi connectivity index (χ0) is 17.9. The number of carbonyl (C=O) groups is 1. The van der Waals surface area contributed by atoms with E-state index in [0.29, 0.717) is 24.5 Å². The van der Waals surface area contributed by atoms with E-state index >= 15 is 0 Å². The summed E-state index contributed by atoms with van der Waals surface area (Å²) in [5, 5.41) is 3.25. The quantitative estimate of drug-likeness (QED) is 0.815. The van der Waals surface area contributed by atoms with Crippen LogP contribution in [0.2, 0.25) is 0 Å². The Morgan fingerprint density at radius 3 is 2.64 bits per heavy atom. The molecule has 1 amide bonds. The lowest BCUT2D eigenvalue weighted by molar-refractivity contribution is 0.0927. The summed E-state index contributed by atoms with van der Waals surface area (Å²) in [6.45, 7) is 4.92. The van der Waals surface area contributed by atoms with Crippen molar-refractivity contribution in [1.82, 2.24) is 5.32 Å². The first-order valence-corrected chi connectivity index (χ1v) is 8.83. The van der Waals surface area contributed by atoms with E-state index in [9.17, 15) is 4.79 Å². The minimum atomic E-state index is -0.127. The lowest BCUT2D eigenvalue weighted by atomic mass is 9.99. The van der Waals surface area contributed by atoms with Crippen LogP contribution in [0.3, 0.4) is 0 Å². The summed E-state index contributed by atoms with van der Waals surface area (Å²) in [7, 11) is 0. The first kappa shape index (κ1) is 17.5. The van der Waals surface area contributed by atoms with Gasteiger partial charge in [-0.2, -0.15) is 0 Å². The van der Waals surface area contributed by atoms with Gasteiger partial charge in [-0.25, -0.2) is 0 Å². The van der Waals surface area contributed by atoms with E-state index in [-0.39, 0.29) is 11.4 Å². The third-order valence-corrected chi connectivity index (χ3v) is 4.78. The monoisotopic (exact) mass is 338 g/mol. The van der Waals surface area contributed by atoms with Crippen molar-refractivity contribution in [1.29, 1.82) is 0 Å². The third-order valence-electron chi connectivity index (χ3n) is 4.78. The minimum absolute atomic E-state index is 0.0678. The van der Waals surface area contributed by atoms with Gasteiger partial charge in [0.15, 0.2) is 0 Å². The second-order valence-electron chi connectivity index (χ2n) is 6.97. The maximum atomic E-state index is 12.9. The van der Waals surface area contributed by atoms with Crippen molar-refractivity contribution >= 4 is 5.91 Å². The molecule has 0 saturated heterocycles. The van der Waals surface area contributed by atoms with Crippen LogP contribution in [-0.2, 0) is 6.42 Å². The van der Waals surface area contributed by atoms with Crippen molar-refractivity contribution in [3.63, 3.8) is 0 Å². The van der Waals surface area contributed by atoms with Gasteiger partial charge in [0.1, 0.15) is 12.4 Å². The van der Waals surface area contributed by atoms with Gasteiger partial charge in [0.2, 0.25) is 0 Å². The highest BCUT2D eigenvalue weighted by molar-refractivity contribution is 5.97. The van der Waals surface area contributed by atoms with Crippen LogP contribution < -0.4 is 15.8 Å². The average molecular weight is 338 g/mol. The first-order valence-electron chi connectivity index (χ1n) is 8.83. The zero-order valence-electron chi connectivity index (χ0n) is 15.0. The number of hydrogen-bond acceptors (Lipinski definition) is 3. The number of carbonyl (C=O) groups excluding carboxylic acids is 1. The summed E-state index contributed by atoms with van der Waals surface area (Å²) in [6.07, 6.45) is 2.89. The summed E-state index contributed by atoms with van der Waals surface area (Å²) in [4.78, 5) is 12.9. The molecule has 25 heavy (non-hydrogen) atoms.